The second-order valence-electron chi connectivity index (χ2n) is 5.27. The number of halogens is 2. The molecule has 0 heterocycles. The van der Waals surface area contributed by atoms with E-state index in [-0.39, 0.29) is 5.57 Å². The fourth-order valence-corrected chi connectivity index (χ4v) is 2.64. The summed E-state index contributed by atoms with van der Waals surface area (Å²) in [7, 11) is 0. The number of hydrogen-bond acceptors (Lipinski definition) is 3. The molecule has 0 unspecified atom stereocenters. The third kappa shape index (κ3) is 5.57. The summed E-state index contributed by atoms with van der Waals surface area (Å²) < 4.78 is 1.10. The fourth-order valence-electron chi connectivity index (χ4n) is 2.06. The molecule has 0 spiro atoms. The summed E-state index contributed by atoms with van der Waals surface area (Å²) in [6.07, 6.45) is 2.21. The maximum atomic E-state index is 12.8. The highest BCUT2D eigenvalue weighted by Gasteiger charge is 2.21. The van der Waals surface area contributed by atoms with Gasteiger partial charge < -0.3 is 10.6 Å². The van der Waals surface area contributed by atoms with Crippen LogP contribution in [0, 0.1) is 3.57 Å². The van der Waals surface area contributed by atoms with Crippen LogP contribution in [0.4, 0.5) is 5.69 Å². The Balaban J connectivity index is 2.30. The molecule has 25 heavy (non-hydrogen) atoms. The van der Waals surface area contributed by atoms with Gasteiger partial charge in [-0.3, -0.25) is 9.59 Å². The summed E-state index contributed by atoms with van der Waals surface area (Å²) in [5.41, 5.74) is 1.10. The van der Waals surface area contributed by atoms with Crippen LogP contribution in [0.5, 0.6) is 0 Å². The predicted octanol–water partition coefficient (Wildman–Crippen LogP) is 4.65. The highest BCUT2D eigenvalue weighted by Crippen LogP contribution is 2.19. The first-order chi connectivity index (χ1) is 12.0. The van der Waals surface area contributed by atoms with Gasteiger partial charge in [0.05, 0.1) is 5.02 Å². The lowest BCUT2D eigenvalue weighted by Crippen LogP contribution is -2.29. The summed E-state index contributed by atoms with van der Waals surface area (Å²) in [5.74, 6) is -0.845. The van der Waals surface area contributed by atoms with E-state index in [1.807, 2.05) is 31.2 Å². The van der Waals surface area contributed by atoms with Gasteiger partial charge in [0.1, 0.15) is 5.57 Å². The normalized spacial score (nSPS) is 11.1. The van der Waals surface area contributed by atoms with E-state index in [1.165, 1.54) is 6.20 Å². The first-order valence-electron chi connectivity index (χ1n) is 7.82. The molecular weight excluding hydrogens is 451 g/mol. The Hall–Kier alpha value is -1.86. The summed E-state index contributed by atoms with van der Waals surface area (Å²) >= 11 is 8.32. The number of amides is 1. The maximum absolute atomic E-state index is 12.8. The Kier molecular flexibility index (Phi) is 7.46. The van der Waals surface area contributed by atoms with Crippen molar-refractivity contribution in [2.75, 3.05) is 11.9 Å². The number of anilines is 1. The van der Waals surface area contributed by atoms with E-state index in [1.54, 1.807) is 24.3 Å². The van der Waals surface area contributed by atoms with Crippen LogP contribution < -0.4 is 10.6 Å². The van der Waals surface area contributed by atoms with E-state index in [4.69, 9.17) is 11.6 Å². The van der Waals surface area contributed by atoms with Gasteiger partial charge in [-0.15, -0.1) is 0 Å². The standard InChI is InChI=1S/C19H18ClIN2O2/c1-2-11-22-19(25)16(12-23-14-9-7-13(21)8-10-14)18(24)15-5-3-4-6-17(15)20/h3-10,12,23H,2,11H2,1H3,(H,22,25). The Labute approximate surface area is 165 Å². The molecule has 4 nitrogen and oxygen atoms in total. The molecule has 0 aromatic heterocycles. The molecule has 1 amide bonds. The Morgan fingerprint density at radius 1 is 1.12 bits per heavy atom. The van der Waals surface area contributed by atoms with Crippen molar-refractivity contribution in [2.24, 2.45) is 0 Å². The molecule has 0 atom stereocenters. The predicted molar refractivity (Wildman–Crippen MR) is 110 cm³/mol. The van der Waals surface area contributed by atoms with Crippen molar-refractivity contribution >= 4 is 51.6 Å². The summed E-state index contributed by atoms with van der Waals surface area (Å²) in [4.78, 5) is 25.2. The SMILES string of the molecule is CCCNC(=O)C(=CNc1ccc(I)cc1)C(=O)c1ccccc1Cl. The molecule has 0 aliphatic rings. The zero-order valence-corrected chi connectivity index (χ0v) is 16.6. The number of carbonyl (C=O) groups is 2. The molecule has 6 heteroatoms. The van der Waals surface area contributed by atoms with Crippen LogP contribution in [0.1, 0.15) is 23.7 Å². The maximum Gasteiger partial charge on any atom is 0.256 e. The van der Waals surface area contributed by atoms with Crippen molar-refractivity contribution in [3.05, 3.63) is 74.5 Å². The number of hydrogen-bond donors (Lipinski definition) is 2. The van der Waals surface area contributed by atoms with Crippen LogP contribution in [-0.2, 0) is 4.79 Å². The minimum absolute atomic E-state index is 0.0140. The lowest BCUT2D eigenvalue weighted by Gasteiger charge is -2.10. The minimum Gasteiger partial charge on any atom is -0.361 e. The zero-order valence-electron chi connectivity index (χ0n) is 13.7. The van der Waals surface area contributed by atoms with E-state index in [2.05, 4.69) is 33.2 Å². The average Bonchev–Trinajstić information content (AvgIpc) is 2.61. The molecule has 2 N–H and O–H groups in total. The van der Waals surface area contributed by atoms with Crippen LogP contribution >= 0.6 is 34.2 Å². The highest BCUT2D eigenvalue weighted by molar-refractivity contribution is 14.1. The molecule has 2 aromatic rings. The molecule has 2 aromatic carbocycles. The summed E-state index contributed by atoms with van der Waals surface area (Å²) in [6.45, 7) is 2.44. The van der Waals surface area contributed by atoms with Gasteiger partial charge in [-0.25, -0.2) is 0 Å². The topological polar surface area (TPSA) is 58.2 Å². The van der Waals surface area contributed by atoms with Crippen LogP contribution in [0.25, 0.3) is 0 Å². The van der Waals surface area contributed by atoms with Gasteiger partial charge in [0.2, 0.25) is 5.78 Å². The number of Topliss-reactive ketones (excluding diaryl/α,β-unsaturated/α-hetero) is 1. The number of nitrogens with one attached hydrogen (secondary N) is 2. The quantitative estimate of drug-likeness (QED) is 0.204. The molecule has 0 aliphatic carbocycles. The molecule has 0 radical (unpaired) electrons. The van der Waals surface area contributed by atoms with Crippen molar-refractivity contribution in [1.29, 1.82) is 0 Å². The lowest BCUT2D eigenvalue weighted by atomic mass is 10.0. The highest BCUT2D eigenvalue weighted by atomic mass is 127. The van der Waals surface area contributed by atoms with Gasteiger partial charge in [0.25, 0.3) is 5.91 Å². The van der Waals surface area contributed by atoms with E-state index < -0.39 is 11.7 Å². The van der Waals surface area contributed by atoms with E-state index in [0.29, 0.717) is 17.1 Å². The van der Waals surface area contributed by atoms with Crippen LogP contribution in [0.2, 0.25) is 5.02 Å². The third-order valence-electron chi connectivity index (χ3n) is 3.37. The largest absolute Gasteiger partial charge is 0.361 e. The van der Waals surface area contributed by atoms with Gasteiger partial charge >= 0.3 is 0 Å². The number of benzene rings is 2. The first kappa shape index (κ1) is 19.5. The number of carbonyl (C=O) groups excluding carboxylic acids is 2. The molecule has 0 saturated carbocycles. The van der Waals surface area contributed by atoms with E-state index >= 15 is 0 Å². The van der Waals surface area contributed by atoms with Gasteiger partial charge in [-0.2, -0.15) is 0 Å². The molecule has 2 rings (SSSR count). The van der Waals surface area contributed by atoms with Crippen LogP contribution in [0.15, 0.2) is 60.3 Å². The Bertz CT molecular complexity index is 788. The Morgan fingerprint density at radius 2 is 1.80 bits per heavy atom. The van der Waals surface area contributed by atoms with Crippen LogP contribution in [0.3, 0.4) is 0 Å². The zero-order chi connectivity index (χ0) is 18.2. The Morgan fingerprint density at radius 3 is 2.44 bits per heavy atom. The van der Waals surface area contributed by atoms with E-state index in [0.717, 1.165) is 15.7 Å². The summed E-state index contributed by atoms with van der Waals surface area (Å²) in [5, 5.41) is 6.06. The second kappa shape index (κ2) is 9.58. The van der Waals surface area contributed by atoms with Gasteiger partial charge in [-0.1, -0.05) is 30.7 Å². The van der Waals surface area contributed by atoms with Gasteiger partial charge in [-0.05, 0) is 65.4 Å². The molecule has 0 saturated heterocycles. The lowest BCUT2D eigenvalue weighted by molar-refractivity contribution is -0.117. The first-order valence-corrected chi connectivity index (χ1v) is 9.28. The smallest absolute Gasteiger partial charge is 0.256 e. The van der Waals surface area contributed by atoms with Crippen molar-refractivity contribution in [3.63, 3.8) is 0 Å². The second-order valence-corrected chi connectivity index (χ2v) is 6.93. The van der Waals surface area contributed by atoms with E-state index in [9.17, 15) is 9.59 Å². The molecule has 0 bridgehead atoms. The van der Waals surface area contributed by atoms with Gasteiger partial charge in [0, 0.05) is 27.6 Å². The minimum atomic E-state index is -0.426. The fraction of sp³-hybridized carbons (Fsp3) is 0.158. The summed E-state index contributed by atoms with van der Waals surface area (Å²) in [6, 6.07) is 14.3. The third-order valence-corrected chi connectivity index (χ3v) is 4.42. The average molecular weight is 469 g/mol. The van der Waals surface area contributed by atoms with Crippen molar-refractivity contribution < 1.29 is 9.59 Å². The molecule has 130 valence electrons. The van der Waals surface area contributed by atoms with Crippen molar-refractivity contribution in [1.82, 2.24) is 5.32 Å². The molecule has 0 aliphatic heterocycles. The monoisotopic (exact) mass is 468 g/mol. The van der Waals surface area contributed by atoms with Crippen LogP contribution in [-0.4, -0.2) is 18.2 Å². The number of ketones is 1. The van der Waals surface area contributed by atoms with Crippen molar-refractivity contribution in [2.45, 2.75) is 13.3 Å². The number of rotatable bonds is 7. The molecule has 0 fully saturated rings. The molecular formula is C19H18ClIN2O2. The van der Waals surface area contributed by atoms with Gasteiger partial charge in [0.15, 0.2) is 0 Å². The van der Waals surface area contributed by atoms with Crippen molar-refractivity contribution in [3.8, 4) is 0 Å².